The maximum Gasteiger partial charge on any atom is 0.411 e. The largest absolute Gasteiger partial charge is 0.497 e. The molecule has 118 heavy (non-hydrogen) atoms. The van der Waals surface area contributed by atoms with Crippen molar-refractivity contribution in [1.29, 1.82) is 0 Å². The summed E-state index contributed by atoms with van der Waals surface area (Å²) in [4.78, 5) is 207. The first-order valence-electron chi connectivity index (χ1n) is 34.6. The van der Waals surface area contributed by atoms with E-state index in [9.17, 15) is 86.3 Å². The lowest BCUT2D eigenvalue weighted by Crippen LogP contribution is -2.42. The van der Waals surface area contributed by atoms with E-state index in [0.717, 1.165) is 37.0 Å². The van der Waals surface area contributed by atoms with E-state index >= 15 is 0 Å². The molecule has 6 aromatic rings. The molecule has 0 spiro atoms. The van der Waals surface area contributed by atoms with Gasteiger partial charge in [0, 0.05) is 38.3 Å². The Labute approximate surface area is 672 Å². The molecule has 6 rings (SSSR count). The van der Waals surface area contributed by atoms with E-state index in [1.807, 2.05) is 66.7 Å². The Kier molecular flexibility index (Phi) is 49.5. The summed E-state index contributed by atoms with van der Waals surface area (Å²) in [5, 5.41) is 116. The van der Waals surface area contributed by atoms with Gasteiger partial charge in [0.15, 0.2) is 11.6 Å². The van der Waals surface area contributed by atoms with Crippen LogP contribution in [0.25, 0.3) is 0 Å². The average molecular weight is 1660 g/mol. The van der Waals surface area contributed by atoms with E-state index in [1.54, 1.807) is 72.9 Å². The zero-order chi connectivity index (χ0) is 88.7. The number of carbonyl (C=O) groups excluding carboxylic acids is 5. The molecule has 1 atom stereocenters. The van der Waals surface area contributed by atoms with Gasteiger partial charge >= 0.3 is 83.7 Å². The summed E-state index contributed by atoms with van der Waals surface area (Å²) in [5.41, 5.74) is 4.54. The van der Waals surface area contributed by atoms with Gasteiger partial charge in [-0.25, -0.2) is 4.79 Å². The maximum absolute atomic E-state index is 12.5. The number of aromatic nitrogens is 1. The molecular formula is C77H90N8O33. The van der Waals surface area contributed by atoms with Gasteiger partial charge in [-0.15, -0.1) is 0 Å². The number of rotatable bonds is 46. The molecule has 636 valence electrons. The lowest BCUT2D eigenvalue weighted by Gasteiger charge is -2.24. The molecule has 14 N–H and O–H groups in total. The lowest BCUT2D eigenvalue weighted by molar-refractivity contribution is -0.151. The van der Waals surface area contributed by atoms with Crippen LogP contribution in [0, 0.1) is 0 Å². The van der Waals surface area contributed by atoms with E-state index in [4.69, 9.17) is 75.9 Å². The summed E-state index contributed by atoms with van der Waals surface area (Å²) in [6, 6.07) is 46.0. The van der Waals surface area contributed by atoms with Crippen molar-refractivity contribution in [1.82, 2.24) is 39.7 Å². The zero-order valence-electron chi connectivity index (χ0n) is 63.4. The molecule has 1 aromatic heterocycles. The highest BCUT2D eigenvalue weighted by Crippen LogP contribution is 2.25. The van der Waals surface area contributed by atoms with Crippen LogP contribution < -0.4 is 10.1 Å². The number of ether oxygens (including phenoxy) is 2. The van der Waals surface area contributed by atoms with Crippen molar-refractivity contribution < 1.29 is 162 Å². The minimum absolute atomic E-state index is 0.0462. The molecule has 0 aliphatic rings. The number of Topliss-reactive ketones (excluding diaryl/α,β-unsaturated/α-hetero) is 2. The van der Waals surface area contributed by atoms with Crippen molar-refractivity contribution in [3.63, 3.8) is 0 Å². The Morgan fingerprint density at radius 3 is 1.05 bits per heavy atom. The van der Waals surface area contributed by atoms with E-state index in [1.165, 1.54) is 42.5 Å². The number of carbonyl (C=O) groups is 18. The highest BCUT2D eigenvalue weighted by molar-refractivity contribution is 5.92. The molecule has 5 aromatic carbocycles. The van der Waals surface area contributed by atoms with Crippen LogP contribution in [0.4, 0.5) is 4.79 Å². The molecule has 0 saturated carbocycles. The maximum atomic E-state index is 12.5. The van der Waals surface area contributed by atoms with Gasteiger partial charge in [0.1, 0.15) is 38.5 Å². The number of nitrogens with zero attached hydrogens (tertiary/aromatic N) is 7. The van der Waals surface area contributed by atoms with Crippen molar-refractivity contribution in [3.05, 3.63) is 203 Å². The third-order valence-electron chi connectivity index (χ3n) is 14.6. The van der Waals surface area contributed by atoms with Gasteiger partial charge in [-0.1, -0.05) is 140 Å². The standard InChI is InChI=1S/C15H17NO8.C13H16N2O5.C13H15NO5.C12H14N2O5.C12H13NO6.C12H15NO4/c1-24-10-4-2-9(3-5-10)11(6-12(17)18)15(23)16(7-13(19)20)8-14(21)22;16-11(14-6-10-4-2-1-3-5-10)7-15(8-12(17)18)9-13(19)20;15-11(6-10-4-2-1-3-5-10)7-14(8-12(16)17)9-13(18)19;15-10(4-9-2-1-3-13-5-9)6-14(7-11(16)17)8-12(18)19;14-10(15)6-13(7-11(16)17)12(18)19-8-9-4-2-1-3-5-9;14-11(15)8-13(9-12(16)17)7-6-10-4-2-1-3-5-10/h2-5,11H,6-8H2,1H3,(H,17,18)(H,19,20)(H,21,22);1-5H,6-9H2,(H,14,16)(H,17,18)(H,19,20);1-5H,6-9H2,(H,16,17)(H,18,19);1-3,5H,4,6-8H2,(H,16,17)(H,18,19);1-5H,6-8H2,(H,14,15)(H,16,17);1-5H,6-9H2,(H,14,15)(H,16,17). The number of nitrogens with one attached hydrogen (secondary N) is 1. The molecule has 3 amide bonds. The van der Waals surface area contributed by atoms with Crippen molar-refractivity contribution >= 4 is 107 Å². The first-order chi connectivity index (χ1) is 55.7. The average Bonchev–Trinajstić information content (AvgIpc) is 0.834. The van der Waals surface area contributed by atoms with Crippen molar-refractivity contribution in [2.45, 2.75) is 44.8 Å². The summed E-state index contributed by atoms with van der Waals surface area (Å²) in [6.07, 6.45) is 2.45. The lowest BCUT2D eigenvalue weighted by atomic mass is 9.94. The predicted molar refractivity (Wildman–Crippen MR) is 407 cm³/mol. The molecule has 41 nitrogen and oxygen atoms in total. The Balaban J connectivity index is 0.000000710. The number of pyridine rings is 1. The Morgan fingerprint density at radius 1 is 0.347 bits per heavy atom. The van der Waals surface area contributed by atoms with Crippen LogP contribution in [0.15, 0.2) is 170 Å². The third-order valence-corrected chi connectivity index (χ3v) is 14.6. The predicted octanol–water partition coefficient (Wildman–Crippen LogP) is 1.45. The van der Waals surface area contributed by atoms with Crippen LogP contribution in [-0.4, -0.2) is 320 Å². The number of aliphatic carboxylic acids is 13. The molecule has 1 heterocycles. The number of carboxylic acids is 13. The van der Waals surface area contributed by atoms with Crippen LogP contribution in [0.2, 0.25) is 0 Å². The fourth-order valence-corrected chi connectivity index (χ4v) is 9.84. The van der Waals surface area contributed by atoms with E-state index in [-0.39, 0.29) is 63.7 Å². The molecule has 0 bridgehead atoms. The fourth-order valence-electron chi connectivity index (χ4n) is 9.84. The highest BCUT2D eigenvalue weighted by Gasteiger charge is 2.31. The van der Waals surface area contributed by atoms with Gasteiger partial charge in [0.25, 0.3) is 0 Å². The van der Waals surface area contributed by atoms with E-state index in [0.29, 0.717) is 46.2 Å². The van der Waals surface area contributed by atoms with Crippen LogP contribution >= 0.6 is 0 Å². The van der Waals surface area contributed by atoms with Crippen molar-refractivity contribution in [2.24, 2.45) is 0 Å². The van der Waals surface area contributed by atoms with Crippen molar-refractivity contribution in [3.8, 4) is 5.75 Å². The second-order valence-electron chi connectivity index (χ2n) is 24.7. The Hall–Kier alpha value is -14.5. The number of ketones is 2. The monoisotopic (exact) mass is 1650 g/mol. The van der Waals surface area contributed by atoms with Gasteiger partial charge < -0.3 is 86.1 Å². The van der Waals surface area contributed by atoms with Crippen molar-refractivity contribution in [2.75, 3.05) is 112 Å². The number of methoxy groups -OCH3 is 1. The van der Waals surface area contributed by atoms with Gasteiger partial charge in [0.05, 0.1) is 91.4 Å². The summed E-state index contributed by atoms with van der Waals surface area (Å²) in [7, 11) is 1.44. The number of amides is 3. The summed E-state index contributed by atoms with van der Waals surface area (Å²) in [6.45, 7) is -6.49. The summed E-state index contributed by atoms with van der Waals surface area (Å²) >= 11 is 0. The van der Waals surface area contributed by atoms with Gasteiger partial charge in [-0.3, -0.25) is 111 Å². The minimum atomic E-state index is -1.39. The van der Waals surface area contributed by atoms with Crippen LogP contribution in [0.3, 0.4) is 0 Å². The minimum Gasteiger partial charge on any atom is -0.497 e. The molecule has 41 heteroatoms. The number of hydrogen-bond acceptors (Lipinski definition) is 25. The number of hydrogen-bond donors (Lipinski definition) is 14. The molecule has 0 saturated heterocycles. The Bertz CT molecular complexity index is 4060. The third kappa shape index (κ3) is 52.0. The highest BCUT2D eigenvalue weighted by atomic mass is 16.6. The molecular weight excluding hydrogens is 1560 g/mol. The first-order valence-corrected chi connectivity index (χ1v) is 34.6. The molecule has 0 fully saturated rings. The van der Waals surface area contributed by atoms with Gasteiger partial charge in [0.2, 0.25) is 11.8 Å². The second kappa shape index (κ2) is 57.6. The molecule has 1 unspecified atom stereocenters. The smallest absolute Gasteiger partial charge is 0.411 e. The first kappa shape index (κ1) is 102. The van der Waals surface area contributed by atoms with Crippen LogP contribution in [-0.2, 0) is 119 Å². The molecule has 0 aliphatic heterocycles. The van der Waals surface area contributed by atoms with Crippen LogP contribution in [0.1, 0.15) is 45.7 Å². The summed E-state index contributed by atoms with van der Waals surface area (Å²) < 4.78 is 9.83. The van der Waals surface area contributed by atoms with E-state index in [2.05, 4.69) is 10.3 Å². The SMILES string of the molecule is COc1ccc(C(CC(=O)O)C(=O)N(CC(=O)O)CC(=O)O)cc1.O=C(O)CN(CC(=O)O)C(=O)OCc1ccccc1.O=C(O)CN(CC(=O)O)CC(=O)Cc1ccccc1.O=C(O)CN(CC(=O)O)CC(=O)Cc1cccnc1.O=C(O)CN(CC(=O)O)CC(=O)NCc1ccccc1.O=C(O)CN(CCc1ccccc1)CC(=O)O. The zero-order valence-corrected chi connectivity index (χ0v) is 63.4. The summed E-state index contributed by atoms with van der Waals surface area (Å²) in [5.74, 6) is -18.2. The molecule has 0 radical (unpaired) electrons. The van der Waals surface area contributed by atoms with Crippen LogP contribution in [0.5, 0.6) is 5.75 Å². The Morgan fingerprint density at radius 2 is 0.686 bits per heavy atom. The quantitative estimate of drug-likeness (QED) is 0.0257. The number of benzene rings is 5. The second-order valence-corrected chi connectivity index (χ2v) is 24.7. The van der Waals surface area contributed by atoms with Gasteiger partial charge in [-0.05, 0) is 58.0 Å². The van der Waals surface area contributed by atoms with E-state index < -0.39 is 173 Å². The molecule has 0 aliphatic carbocycles. The normalized spacial score (nSPS) is 10.4. The fraction of sp³-hybridized carbons (Fsp3) is 0.312. The van der Waals surface area contributed by atoms with Gasteiger partial charge in [-0.2, -0.15) is 0 Å². The topological polar surface area (TPSA) is 633 Å². The number of carboxylic acid groups (broad SMARTS) is 13.